The Morgan fingerprint density at radius 3 is 2.62 bits per heavy atom. The van der Waals surface area contributed by atoms with Gasteiger partial charge in [0.1, 0.15) is 4.95 Å². The second kappa shape index (κ2) is 2.33. The number of nitrogens with zero attached hydrogens (tertiary/aromatic N) is 1. The molecular weight excluding hydrogens is 170 g/mol. The normalized spacial score (nSPS) is 26.8. The van der Waals surface area contributed by atoms with Gasteiger partial charge in [-0.15, -0.1) is 0 Å². The van der Waals surface area contributed by atoms with Gasteiger partial charge >= 0.3 is 0 Å². The molecule has 0 spiro atoms. The van der Waals surface area contributed by atoms with Crippen molar-refractivity contribution in [2.75, 3.05) is 0 Å². The van der Waals surface area contributed by atoms with E-state index in [1.54, 1.807) is 12.3 Å². The van der Waals surface area contributed by atoms with Gasteiger partial charge in [-0.05, 0) is 12.2 Å². The van der Waals surface area contributed by atoms with Crippen molar-refractivity contribution in [1.29, 1.82) is 0 Å². The van der Waals surface area contributed by atoms with Crippen LogP contribution in [0.2, 0.25) is 0 Å². The molecule has 0 aromatic carbocycles. The van der Waals surface area contributed by atoms with Crippen LogP contribution in [0.15, 0.2) is 24.4 Å². The molecule has 1 unspecified atom stereocenters. The molecule has 0 bridgehead atoms. The molecule has 0 aliphatic carbocycles. The molecule has 1 aliphatic heterocycles. The van der Waals surface area contributed by atoms with E-state index >= 15 is 0 Å². The molecule has 0 saturated carbocycles. The van der Waals surface area contributed by atoms with Gasteiger partial charge in [-0.25, -0.2) is 5.06 Å². The molecule has 8 heavy (non-hydrogen) atoms. The molecule has 0 aromatic rings. The zero-order valence-corrected chi connectivity index (χ0v) is 5.75. The zero-order valence-electron chi connectivity index (χ0n) is 4.16. The number of alkyl halides is 1. The first-order valence-electron chi connectivity index (χ1n) is 2.27. The van der Waals surface area contributed by atoms with Crippen LogP contribution < -0.4 is 0 Å². The SMILES string of the molecule is ON1C=CC=CC1Br. The van der Waals surface area contributed by atoms with Crippen molar-refractivity contribution in [1.82, 2.24) is 5.06 Å². The Kier molecular flexibility index (Phi) is 1.70. The lowest BCUT2D eigenvalue weighted by Crippen LogP contribution is -2.20. The van der Waals surface area contributed by atoms with E-state index in [0.29, 0.717) is 0 Å². The summed E-state index contributed by atoms with van der Waals surface area (Å²) in [5.74, 6) is 0. The minimum absolute atomic E-state index is 0.0625. The molecule has 2 nitrogen and oxygen atoms in total. The van der Waals surface area contributed by atoms with Crippen LogP contribution in [0.1, 0.15) is 0 Å². The second-order valence-corrected chi connectivity index (χ2v) is 2.42. The summed E-state index contributed by atoms with van der Waals surface area (Å²) in [5.41, 5.74) is 0. The predicted octanol–water partition coefficient (Wildman–Crippen LogP) is 1.48. The number of allylic oxidation sites excluding steroid dienone is 2. The molecule has 0 aromatic heterocycles. The van der Waals surface area contributed by atoms with Crippen molar-refractivity contribution in [2.45, 2.75) is 4.95 Å². The first-order chi connectivity index (χ1) is 3.80. The molecular formula is C5H6BrNO. The molecule has 1 N–H and O–H groups in total. The second-order valence-electron chi connectivity index (χ2n) is 1.48. The van der Waals surface area contributed by atoms with Gasteiger partial charge in [0, 0.05) is 6.20 Å². The number of hydrogen-bond acceptors (Lipinski definition) is 2. The Balaban J connectivity index is 2.59. The van der Waals surface area contributed by atoms with Gasteiger partial charge in [0.2, 0.25) is 0 Å². The summed E-state index contributed by atoms with van der Waals surface area (Å²) in [6.45, 7) is 0. The summed E-state index contributed by atoms with van der Waals surface area (Å²) in [4.78, 5) is -0.0625. The maximum absolute atomic E-state index is 8.83. The van der Waals surface area contributed by atoms with E-state index in [-0.39, 0.29) is 4.95 Å². The van der Waals surface area contributed by atoms with Crippen LogP contribution in [-0.4, -0.2) is 15.2 Å². The zero-order chi connectivity index (χ0) is 5.98. The van der Waals surface area contributed by atoms with Crippen LogP contribution in [-0.2, 0) is 0 Å². The molecule has 0 amide bonds. The molecule has 1 atom stereocenters. The third-order valence-corrected chi connectivity index (χ3v) is 1.60. The van der Waals surface area contributed by atoms with E-state index in [9.17, 15) is 0 Å². The quantitative estimate of drug-likeness (QED) is 0.446. The third kappa shape index (κ3) is 1.11. The number of halogens is 1. The lowest BCUT2D eigenvalue weighted by molar-refractivity contribution is -0.0388. The first kappa shape index (κ1) is 5.85. The van der Waals surface area contributed by atoms with Crippen LogP contribution in [0.25, 0.3) is 0 Å². The lowest BCUT2D eigenvalue weighted by Gasteiger charge is -2.17. The van der Waals surface area contributed by atoms with Crippen molar-refractivity contribution in [3.63, 3.8) is 0 Å². The van der Waals surface area contributed by atoms with Crippen LogP contribution >= 0.6 is 15.9 Å². The summed E-state index contributed by atoms with van der Waals surface area (Å²) in [6.07, 6.45) is 7.04. The van der Waals surface area contributed by atoms with Crippen molar-refractivity contribution in [3.05, 3.63) is 24.4 Å². The molecule has 44 valence electrons. The Labute approximate surface area is 56.2 Å². The number of hydrogen-bond donors (Lipinski definition) is 1. The minimum Gasteiger partial charge on any atom is -0.288 e. The topological polar surface area (TPSA) is 23.5 Å². The summed E-state index contributed by atoms with van der Waals surface area (Å²) >= 11 is 3.19. The van der Waals surface area contributed by atoms with E-state index in [1.807, 2.05) is 12.2 Å². The molecule has 0 radical (unpaired) electrons. The Morgan fingerprint density at radius 1 is 1.50 bits per heavy atom. The molecule has 0 fully saturated rings. The van der Waals surface area contributed by atoms with E-state index < -0.39 is 0 Å². The van der Waals surface area contributed by atoms with E-state index in [2.05, 4.69) is 15.9 Å². The first-order valence-corrected chi connectivity index (χ1v) is 3.18. The smallest absolute Gasteiger partial charge is 0.129 e. The molecule has 1 aliphatic rings. The van der Waals surface area contributed by atoms with Crippen molar-refractivity contribution < 1.29 is 5.21 Å². The Morgan fingerprint density at radius 2 is 2.25 bits per heavy atom. The Bertz CT molecular complexity index is 116. The Hall–Kier alpha value is -0.280. The standard InChI is InChI=1S/C5H6BrNO/c6-5-3-1-2-4-7(5)8/h1-5,8H. The lowest BCUT2D eigenvalue weighted by atomic mass is 10.4. The number of rotatable bonds is 0. The maximum Gasteiger partial charge on any atom is 0.129 e. The predicted molar refractivity (Wildman–Crippen MR) is 34.6 cm³/mol. The van der Waals surface area contributed by atoms with E-state index in [1.165, 1.54) is 0 Å². The van der Waals surface area contributed by atoms with Crippen LogP contribution in [0.5, 0.6) is 0 Å². The monoisotopic (exact) mass is 175 g/mol. The molecule has 1 heterocycles. The van der Waals surface area contributed by atoms with Gasteiger partial charge in [-0.3, -0.25) is 5.21 Å². The van der Waals surface area contributed by atoms with E-state index in [4.69, 9.17) is 5.21 Å². The molecule has 1 rings (SSSR count). The van der Waals surface area contributed by atoms with Gasteiger partial charge < -0.3 is 0 Å². The van der Waals surface area contributed by atoms with Gasteiger partial charge in [-0.1, -0.05) is 22.0 Å². The summed E-state index contributed by atoms with van der Waals surface area (Å²) < 4.78 is 0. The highest BCUT2D eigenvalue weighted by Gasteiger charge is 2.04. The van der Waals surface area contributed by atoms with Gasteiger partial charge in [0.05, 0.1) is 0 Å². The molecule has 3 heteroatoms. The average molecular weight is 176 g/mol. The third-order valence-electron chi connectivity index (χ3n) is 0.873. The van der Waals surface area contributed by atoms with Gasteiger partial charge in [0.25, 0.3) is 0 Å². The fraction of sp³-hybridized carbons (Fsp3) is 0.200. The van der Waals surface area contributed by atoms with Crippen molar-refractivity contribution in [3.8, 4) is 0 Å². The largest absolute Gasteiger partial charge is 0.288 e. The minimum atomic E-state index is -0.0625. The summed E-state index contributed by atoms with van der Waals surface area (Å²) in [6, 6.07) is 0. The fourth-order valence-electron chi connectivity index (χ4n) is 0.464. The summed E-state index contributed by atoms with van der Waals surface area (Å²) in [7, 11) is 0. The van der Waals surface area contributed by atoms with Crippen molar-refractivity contribution >= 4 is 15.9 Å². The highest BCUT2D eigenvalue weighted by Crippen LogP contribution is 2.10. The maximum atomic E-state index is 8.83. The highest BCUT2D eigenvalue weighted by atomic mass is 79.9. The fourth-order valence-corrected chi connectivity index (χ4v) is 0.777. The highest BCUT2D eigenvalue weighted by molar-refractivity contribution is 9.09. The average Bonchev–Trinajstić information content (AvgIpc) is 1.77. The van der Waals surface area contributed by atoms with Gasteiger partial charge in [-0.2, -0.15) is 0 Å². The van der Waals surface area contributed by atoms with E-state index in [0.717, 1.165) is 5.06 Å². The van der Waals surface area contributed by atoms with Crippen molar-refractivity contribution in [2.24, 2.45) is 0 Å². The molecule has 0 saturated heterocycles. The van der Waals surface area contributed by atoms with Gasteiger partial charge in [0.15, 0.2) is 0 Å². The number of hydroxylamine groups is 2. The summed E-state index contributed by atoms with van der Waals surface area (Å²) in [5, 5.41) is 9.91. The van der Waals surface area contributed by atoms with Crippen LogP contribution in [0, 0.1) is 0 Å². The van der Waals surface area contributed by atoms with Crippen LogP contribution in [0.4, 0.5) is 0 Å². The van der Waals surface area contributed by atoms with Crippen LogP contribution in [0.3, 0.4) is 0 Å².